The SMILES string of the molecule is Cc1cccc(C(=O)NC2=CC3C=NNC3C=C2F)n1. The highest BCUT2D eigenvalue weighted by Crippen LogP contribution is 2.24. The molecule has 0 saturated heterocycles. The summed E-state index contributed by atoms with van der Waals surface area (Å²) in [6.45, 7) is 1.79. The molecule has 3 rings (SSSR count). The number of carbonyl (C=O) groups excluding carboxylic acids is 1. The van der Waals surface area contributed by atoms with E-state index in [9.17, 15) is 9.18 Å². The van der Waals surface area contributed by atoms with Gasteiger partial charge >= 0.3 is 0 Å². The van der Waals surface area contributed by atoms with E-state index < -0.39 is 11.7 Å². The van der Waals surface area contributed by atoms with E-state index in [1.807, 2.05) is 0 Å². The highest BCUT2D eigenvalue weighted by molar-refractivity contribution is 5.94. The van der Waals surface area contributed by atoms with Gasteiger partial charge in [-0.1, -0.05) is 6.07 Å². The zero-order valence-corrected chi connectivity index (χ0v) is 10.8. The monoisotopic (exact) mass is 272 g/mol. The second kappa shape index (κ2) is 4.88. The molecule has 2 aliphatic rings. The van der Waals surface area contributed by atoms with Crippen LogP contribution in [0, 0.1) is 12.8 Å². The average Bonchev–Trinajstić information content (AvgIpc) is 2.86. The van der Waals surface area contributed by atoms with E-state index in [4.69, 9.17) is 0 Å². The Labute approximate surface area is 115 Å². The first-order valence-corrected chi connectivity index (χ1v) is 6.27. The molecular formula is C14H13FN4O. The Kier molecular flexibility index (Phi) is 3.06. The van der Waals surface area contributed by atoms with Gasteiger partial charge in [-0.3, -0.25) is 4.79 Å². The lowest BCUT2D eigenvalue weighted by molar-refractivity contribution is 0.0959. The van der Waals surface area contributed by atoms with E-state index in [-0.39, 0.29) is 23.4 Å². The summed E-state index contributed by atoms with van der Waals surface area (Å²) >= 11 is 0. The predicted octanol–water partition coefficient (Wildman–Crippen LogP) is 1.44. The summed E-state index contributed by atoms with van der Waals surface area (Å²) in [5, 5.41) is 6.44. The molecule has 2 N–H and O–H groups in total. The predicted molar refractivity (Wildman–Crippen MR) is 72.6 cm³/mol. The molecule has 2 atom stereocenters. The van der Waals surface area contributed by atoms with Crippen LogP contribution in [-0.2, 0) is 0 Å². The Morgan fingerprint density at radius 3 is 3.05 bits per heavy atom. The summed E-state index contributed by atoms with van der Waals surface area (Å²) in [7, 11) is 0. The second-order valence-electron chi connectivity index (χ2n) is 4.72. The molecule has 1 aromatic heterocycles. The molecule has 0 radical (unpaired) electrons. The van der Waals surface area contributed by atoms with Crippen molar-refractivity contribution in [1.82, 2.24) is 15.7 Å². The molecule has 1 amide bonds. The van der Waals surface area contributed by atoms with Crippen molar-refractivity contribution in [2.45, 2.75) is 13.0 Å². The molecule has 0 aromatic carbocycles. The standard InChI is InChI=1S/C14H13FN4O/c1-8-3-2-4-11(17-8)14(20)18-13-5-9-7-16-19-12(9)6-10(13)15/h2-7,9,12,19H,1H3,(H,18,20). The summed E-state index contributed by atoms with van der Waals surface area (Å²) in [6.07, 6.45) is 4.75. The van der Waals surface area contributed by atoms with Crippen LogP contribution in [0.5, 0.6) is 0 Å². The number of fused-ring (bicyclic) bond motifs is 1. The van der Waals surface area contributed by atoms with Crippen molar-refractivity contribution in [1.29, 1.82) is 0 Å². The van der Waals surface area contributed by atoms with Gasteiger partial charge in [-0.2, -0.15) is 5.10 Å². The molecule has 0 spiro atoms. The number of carbonyl (C=O) groups is 1. The van der Waals surface area contributed by atoms with E-state index >= 15 is 0 Å². The summed E-state index contributed by atoms with van der Waals surface area (Å²) in [6, 6.07) is 4.95. The van der Waals surface area contributed by atoms with Crippen LogP contribution in [0.15, 0.2) is 47.0 Å². The minimum Gasteiger partial charge on any atom is -0.318 e. The molecule has 1 aliphatic carbocycles. The Morgan fingerprint density at radius 1 is 1.40 bits per heavy atom. The number of amides is 1. The number of nitrogens with one attached hydrogen (secondary N) is 2. The number of allylic oxidation sites excluding steroid dienone is 1. The first-order valence-electron chi connectivity index (χ1n) is 6.27. The second-order valence-corrected chi connectivity index (χ2v) is 4.72. The molecule has 20 heavy (non-hydrogen) atoms. The van der Waals surface area contributed by atoms with Gasteiger partial charge in [0.05, 0.1) is 11.7 Å². The molecule has 1 aliphatic heterocycles. The molecule has 2 heterocycles. The third-order valence-electron chi connectivity index (χ3n) is 3.20. The Bertz CT molecular complexity index is 650. The summed E-state index contributed by atoms with van der Waals surface area (Å²) in [5.41, 5.74) is 3.94. The van der Waals surface area contributed by atoms with Crippen molar-refractivity contribution >= 4 is 12.1 Å². The van der Waals surface area contributed by atoms with Crippen LogP contribution in [0.2, 0.25) is 0 Å². The first-order chi connectivity index (χ1) is 9.63. The van der Waals surface area contributed by atoms with Crippen LogP contribution < -0.4 is 10.7 Å². The smallest absolute Gasteiger partial charge is 0.274 e. The van der Waals surface area contributed by atoms with Crippen LogP contribution in [0.1, 0.15) is 16.2 Å². The number of nitrogens with zero attached hydrogens (tertiary/aromatic N) is 2. The lowest BCUT2D eigenvalue weighted by Crippen LogP contribution is -2.32. The first kappa shape index (κ1) is 12.5. The molecule has 5 nitrogen and oxygen atoms in total. The molecule has 0 bridgehead atoms. The van der Waals surface area contributed by atoms with Crippen molar-refractivity contribution in [2.24, 2.45) is 11.0 Å². The number of aromatic nitrogens is 1. The van der Waals surface area contributed by atoms with Gasteiger partial charge in [0.25, 0.3) is 5.91 Å². The Morgan fingerprint density at radius 2 is 2.25 bits per heavy atom. The van der Waals surface area contributed by atoms with E-state index in [2.05, 4.69) is 20.8 Å². The fourth-order valence-corrected chi connectivity index (χ4v) is 2.17. The maximum Gasteiger partial charge on any atom is 0.274 e. The normalized spacial score (nSPS) is 23.5. The Balaban J connectivity index is 1.79. The van der Waals surface area contributed by atoms with Gasteiger partial charge in [0, 0.05) is 17.8 Å². The van der Waals surface area contributed by atoms with E-state index in [1.54, 1.807) is 37.4 Å². The van der Waals surface area contributed by atoms with Crippen molar-refractivity contribution in [3.05, 3.63) is 53.3 Å². The molecule has 1 aromatic rings. The number of hydrogen-bond acceptors (Lipinski definition) is 4. The van der Waals surface area contributed by atoms with Crippen LogP contribution in [-0.4, -0.2) is 23.1 Å². The number of halogens is 1. The minimum absolute atomic E-state index is 0.0460. The highest BCUT2D eigenvalue weighted by Gasteiger charge is 2.27. The fraction of sp³-hybridized carbons (Fsp3) is 0.214. The Hall–Kier alpha value is -2.50. The molecule has 0 saturated carbocycles. The minimum atomic E-state index is -0.467. The van der Waals surface area contributed by atoms with E-state index in [0.29, 0.717) is 0 Å². The molecule has 0 fully saturated rings. The van der Waals surface area contributed by atoms with Gasteiger partial charge < -0.3 is 10.7 Å². The maximum atomic E-state index is 13.9. The van der Waals surface area contributed by atoms with Crippen molar-refractivity contribution in [3.8, 4) is 0 Å². The van der Waals surface area contributed by atoms with E-state index in [1.165, 1.54) is 6.08 Å². The van der Waals surface area contributed by atoms with Gasteiger partial charge in [0.2, 0.25) is 0 Å². The van der Waals surface area contributed by atoms with Crippen molar-refractivity contribution in [3.63, 3.8) is 0 Å². The van der Waals surface area contributed by atoms with Gasteiger partial charge in [0.1, 0.15) is 11.5 Å². The maximum absolute atomic E-state index is 13.9. The number of aryl methyl sites for hydroxylation is 1. The third kappa shape index (κ3) is 2.32. The zero-order chi connectivity index (χ0) is 14.1. The van der Waals surface area contributed by atoms with Crippen LogP contribution >= 0.6 is 0 Å². The van der Waals surface area contributed by atoms with Crippen LogP contribution in [0.3, 0.4) is 0 Å². The number of hydrazone groups is 1. The zero-order valence-electron chi connectivity index (χ0n) is 10.8. The van der Waals surface area contributed by atoms with Crippen LogP contribution in [0.25, 0.3) is 0 Å². The average molecular weight is 272 g/mol. The molecule has 2 unspecified atom stereocenters. The van der Waals surface area contributed by atoms with Crippen molar-refractivity contribution in [2.75, 3.05) is 0 Å². The number of rotatable bonds is 2. The number of pyridine rings is 1. The quantitative estimate of drug-likeness (QED) is 0.856. The lowest BCUT2D eigenvalue weighted by Gasteiger charge is -2.19. The highest BCUT2D eigenvalue weighted by atomic mass is 19.1. The summed E-state index contributed by atoms with van der Waals surface area (Å²) < 4.78 is 13.9. The van der Waals surface area contributed by atoms with Gasteiger partial charge in [-0.05, 0) is 31.2 Å². The van der Waals surface area contributed by atoms with Crippen LogP contribution in [0.4, 0.5) is 4.39 Å². The fourth-order valence-electron chi connectivity index (χ4n) is 2.17. The van der Waals surface area contributed by atoms with Gasteiger partial charge in [-0.25, -0.2) is 9.37 Å². The van der Waals surface area contributed by atoms with E-state index in [0.717, 1.165) is 5.69 Å². The molecule has 6 heteroatoms. The summed E-state index contributed by atoms with van der Waals surface area (Å²) in [4.78, 5) is 16.2. The number of hydrogen-bond donors (Lipinski definition) is 2. The lowest BCUT2D eigenvalue weighted by atomic mass is 9.95. The molecular weight excluding hydrogens is 259 g/mol. The van der Waals surface area contributed by atoms with Crippen molar-refractivity contribution < 1.29 is 9.18 Å². The topological polar surface area (TPSA) is 66.4 Å². The largest absolute Gasteiger partial charge is 0.318 e. The van der Waals surface area contributed by atoms with Gasteiger partial charge in [-0.15, -0.1) is 0 Å². The summed E-state index contributed by atoms with van der Waals surface area (Å²) in [5.74, 6) is -0.939. The van der Waals surface area contributed by atoms with Gasteiger partial charge in [0.15, 0.2) is 0 Å². The molecule has 102 valence electrons. The third-order valence-corrected chi connectivity index (χ3v) is 3.20.